The molecule has 0 aromatic heterocycles. The molecule has 1 amide bonds. The molecular weight excluding hydrogens is 243 g/mol. The van der Waals surface area contributed by atoms with Gasteiger partial charge in [-0.3, -0.25) is 9.00 Å². The molecule has 0 aliphatic heterocycles. The van der Waals surface area contributed by atoms with E-state index in [4.69, 9.17) is 5.73 Å². The molecule has 17 heavy (non-hydrogen) atoms. The zero-order valence-corrected chi connectivity index (χ0v) is 10.8. The minimum Gasteiger partial charge on any atom is -0.399 e. The molecule has 0 fully saturated rings. The first kappa shape index (κ1) is 13.6. The van der Waals surface area contributed by atoms with Crippen molar-refractivity contribution in [2.75, 3.05) is 19.8 Å². The number of carbonyl (C=O) groups excluding carboxylic acids is 1. The Bertz CT molecular complexity index is 463. The third-order valence-corrected chi connectivity index (χ3v) is 3.89. The molecule has 0 bridgehead atoms. The van der Waals surface area contributed by atoms with Gasteiger partial charge in [-0.05, 0) is 25.1 Å². The number of carbonyl (C=O) groups is 1. The van der Waals surface area contributed by atoms with Crippen LogP contribution in [0.25, 0.3) is 0 Å². The second-order valence-corrected chi connectivity index (χ2v) is 5.60. The van der Waals surface area contributed by atoms with E-state index < -0.39 is 21.9 Å². The molecule has 1 aromatic carbocycles. The van der Waals surface area contributed by atoms with E-state index in [9.17, 15) is 13.4 Å². The molecule has 0 spiro atoms. The van der Waals surface area contributed by atoms with Crippen molar-refractivity contribution in [3.8, 4) is 0 Å². The minimum atomic E-state index is -1.72. The molecule has 0 aliphatic rings. The van der Waals surface area contributed by atoms with E-state index in [-0.39, 0.29) is 16.5 Å². The van der Waals surface area contributed by atoms with Crippen molar-refractivity contribution in [3.05, 3.63) is 24.0 Å². The quantitative estimate of drug-likeness (QED) is 0.822. The number of halogens is 1. The van der Waals surface area contributed by atoms with E-state index in [1.54, 1.807) is 14.1 Å². The molecule has 94 valence electrons. The van der Waals surface area contributed by atoms with Crippen molar-refractivity contribution in [1.82, 2.24) is 4.90 Å². The number of rotatable bonds is 3. The standard InChI is InChI=1S/C11H15FN2O2S/c1-7(11(15)14(2)3)17(16)10-5-4-8(13)6-9(10)12/h4-7H,13H2,1-3H3. The molecule has 0 aliphatic carbocycles. The van der Waals surface area contributed by atoms with Crippen LogP contribution in [0.1, 0.15) is 6.92 Å². The number of amides is 1. The van der Waals surface area contributed by atoms with Crippen molar-refractivity contribution in [3.63, 3.8) is 0 Å². The van der Waals surface area contributed by atoms with Gasteiger partial charge in [-0.15, -0.1) is 0 Å². The molecule has 2 N–H and O–H groups in total. The second-order valence-electron chi connectivity index (χ2n) is 3.86. The van der Waals surface area contributed by atoms with Gasteiger partial charge in [0.15, 0.2) is 0 Å². The lowest BCUT2D eigenvalue weighted by Gasteiger charge is -2.16. The molecule has 1 rings (SSSR count). The molecule has 1 aromatic rings. The molecule has 0 radical (unpaired) electrons. The first-order valence-corrected chi connectivity index (χ1v) is 6.22. The summed E-state index contributed by atoms with van der Waals surface area (Å²) in [6.45, 7) is 1.51. The summed E-state index contributed by atoms with van der Waals surface area (Å²) >= 11 is 0. The Morgan fingerprint density at radius 2 is 2.06 bits per heavy atom. The van der Waals surface area contributed by atoms with E-state index in [0.717, 1.165) is 6.07 Å². The van der Waals surface area contributed by atoms with E-state index in [2.05, 4.69) is 0 Å². The number of hydrogen-bond donors (Lipinski definition) is 1. The van der Waals surface area contributed by atoms with Gasteiger partial charge in [0.2, 0.25) is 5.91 Å². The third-order valence-electron chi connectivity index (χ3n) is 2.28. The van der Waals surface area contributed by atoms with Crippen LogP contribution < -0.4 is 5.73 Å². The van der Waals surface area contributed by atoms with Gasteiger partial charge < -0.3 is 10.6 Å². The van der Waals surface area contributed by atoms with Crippen molar-refractivity contribution >= 4 is 22.4 Å². The Hall–Kier alpha value is -1.43. The lowest BCUT2D eigenvalue weighted by molar-refractivity contribution is -0.127. The SMILES string of the molecule is CC(C(=O)N(C)C)S(=O)c1ccc(N)cc1F. The Morgan fingerprint density at radius 1 is 1.47 bits per heavy atom. The van der Waals surface area contributed by atoms with Crippen LogP contribution in [0, 0.1) is 5.82 Å². The highest BCUT2D eigenvalue weighted by Crippen LogP contribution is 2.19. The lowest BCUT2D eigenvalue weighted by Crippen LogP contribution is -2.34. The van der Waals surface area contributed by atoms with Gasteiger partial charge in [0.05, 0.1) is 15.7 Å². The Morgan fingerprint density at radius 3 is 2.53 bits per heavy atom. The predicted octanol–water partition coefficient (Wildman–Crippen LogP) is 0.992. The van der Waals surface area contributed by atoms with Crippen LogP contribution in [0.15, 0.2) is 23.1 Å². The maximum absolute atomic E-state index is 13.5. The third kappa shape index (κ3) is 3.03. The average Bonchev–Trinajstić information content (AvgIpc) is 2.26. The maximum atomic E-state index is 13.5. The van der Waals surface area contributed by atoms with Gasteiger partial charge in [-0.2, -0.15) is 0 Å². The van der Waals surface area contributed by atoms with Crippen LogP contribution in [0.5, 0.6) is 0 Å². The summed E-state index contributed by atoms with van der Waals surface area (Å²) < 4.78 is 25.5. The summed E-state index contributed by atoms with van der Waals surface area (Å²) in [6, 6.07) is 3.91. The lowest BCUT2D eigenvalue weighted by atomic mass is 10.3. The smallest absolute Gasteiger partial charge is 0.237 e. The molecular formula is C11H15FN2O2S. The van der Waals surface area contributed by atoms with Gasteiger partial charge >= 0.3 is 0 Å². The van der Waals surface area contributed by atoms with Gasteiger partial charge in [0.1, 0.15) is 11.1 Å². The van der Waals surface area contributed by atoms with Crippen LogP contribution in [-0.2, 0) is 15.6 Å². The van der Waals surface area contributed by atoms with Gasteiger partial charge in [-0.1, -0.05) is 0 Å². The number of benzene rings is 1. The van der Waals surface area contributed by atoms with Crippen LogP contribution in [0.3, 0.4) is 0 Å². The highest BCUT2D eigenvalue weighted by Gasteiger charge is 2.24. The number of hydrogen-bond acceptors (Lipinski definition) is 3. The number of nitrogens with zero attached hydrogens (tertiary/aromatic N) is 1. The van der Waals surface area contributed by atoms with E-state index >= 15 is 0 Å². The average molecular weight is 258 g/mol. The Balaban J connectivity index is 3.01. The van der Waals surface area contributed by atoms with Crippen molar-refractivity contribution < 1.29 is 13.4 Å². The number of anilines is 1. The monoisotopic (exact) mass is 258 g/mol. The van der Waals surface area contributed by atoms with Gasteiger partial charge in [0, 0.05) is 19.8 Å². The summed E-state index contributed by atoms with van der Waals surface area (Å²) in [5, 5.41) is -0.789. The summed E-state index contributed by atoms with van der Waals surface area (Å²) in [7, 11) is 1.41. The fourth-order valence-electron chi connectivity index (χ4n) is 1.33. The van der Waals surface area contributed by atoms with Crippen molar-refractivity contribution in [1.29, 1.82) is 0 Å². The molecule has 2 unspecified atom stereocenters. The van der Waals surface area contributed by atoms with Crippen molar-refractivity contribution in [2.24, 2.45) is 0 Å². The molecule has 0 saturated heterocycles. The summed E-state index contributed by atoms with van der Waals surface area (Å²) in [4.78, 5) is 13.0. The van der Waals surface area contributed by atoms with Gasteiger partial charge in [-0.25, -0.2) is 4.39 Å². The Kier molecular flexibility index (Phi) is 4.22. The molecule has 2 atom stereocenters. The van der Waals surface area contributed by atoms with Gasteiger partial charge in [0.25, 0.3) is 0 Å². The first-order chi connectivity index (χ1) is 7.84. The highest BCUT2D eigenvalue weighted by molar-refractivity contribution is 7.86. The van der Waals surface area contributed by atoms with E-state index in [1.807, 2.05) is 0 Å². The summed E-state index contributed by atoms with van der Waals surface area (Å²) in [5.41, 5.74) is 5.66. The number of nitrogens with two attached hydrogens (primary N) is 1. The largest absolute Gasteiger partial charge is 0.399 e. The topological polar surface area (TPSA) is 63.4 Å². The minimum absolute atomic E-state index is 0.00176. The highest BCUT2D eigenvalue weighted by atomic mass is 32.2. The van der Waals surface area contributed by atoms with Crippen LogP contribution in [-0.4, -0.2) is 34.4 Å². The van der Waals surface area contributed by atoms with Crippen LogP contribution in [0.4, 0.5) is 10.1 Å². The van der Waals surface area contributed by atoms with Crippen LogP contribution >= 0.6 is 0 Å². The number of nitrogen functional groups attached to an aromatic ring is 1. The fraction of sp³-hybridized carbons (Fsp3) is 0.364. The second kappa shape index (κ2) is 5.27. The Labute approximate surface area is 102 Å². The normalized spacial score (nSPS) is 14.1. The predicted molar refractivity (Wildman–Crippen MR) is 65.4 cm³/mol. The maximum Gasteiger partial charge on any atom is 0.237 e. The molecule has 0 heterocycles. The zero-order chi connectivity index (χ0) is 13.2. The summed E-state index contributed by atoms with van der Waals surface area (Å²) in [5.74, 6) is -0.957. The van der Waals surface area contributed by atoms with E-state index in [0.29, 0.717) is 0 Å². The molecule has 0 saturated carbocycles. The van der Waals surface area contributed by atoms with E-state index in [1.165, 1.54) is 24.0 Å². The summed E-state index contributed by atoms with van der Waals surface area (Å²) in [6.07, 6.45) is 0. The fourth-order valence-corrected chi connectivity index (χ4v) is 2.55. The zero-order valence-electron chi connectivity index (χ0n) is 9.94. The molecule has 6 heteroatoms. The molecule has 4 nitrogen and oxygen atoms in total. The van der Waals surface area contributed by atoms with Crippen molar-refractivity contribution in [2.45, 2.75) is 17.1 Å². The first-order valence-electron chi connectivity index (χ1n) is 5.01. The van der Waals surface area contributed by atoms with Crippen LogP contribution in [0.2, 0.25) is 0 Å².